The number of rotatable bonds is 4. The fourth-order valence-electron chi connectivity index (χ4n) is 1.62. The largest absolute Gasteiger partial charge is 0.444 e. The molecule has 0 fully saturated rings. The van der Waals surface area contributed by atoms with Gasteiger partial charge >= 0.3 is 6.09 Å². The molecule has 0 radical (unpaired) electrons. The van der Waals surface area contributed by atoms with Crippen molar-refractivity contribution < 1.29 is 9.53 Å². The third-order valence-corrected chi connectivity index (χ3v) is 3.26. The van der Waals surface area contributed by atoms with E-state index in [0.29, 0.717) is 0 Å². The van der Waals surface area contributed by atoms with Crippen LogP contribution in [0.4, 0.5) is 4.79 Å². The summed E-state index contributed by atoms with van der Waals surface area (Å²) >= 11 is 2.29. The zero-order chi connectivity index (χ0) is 14.5. The second-order valence-electron chi connectivity index (χ2n) is 5.71. The molecule has 0 aliphatic carbocycles. The first kappa shape index (κ1) is 16.3. The monoisotopic (exact) mass is 375 g/mol. The lowest BCUT2D eigenvalue weighted by Crippen LogP contribution is -2.37. The lowest BCUT2D eigenvalue weighted by atomic mass is 10.1. The van der Waals surface area contributed by atoms with Crippen molar-refractivity contribution in [3.8, 4) is 0 Å². The van der Waals surface area contributed by atoms with Crippen molar-refractivity contribution in [1.29, 1.82) is 0 Å². The summed E-state index contributed by atoms with van der Waals surface area (Å²) in [6.45, 7) is 7.59. The Kier molecular flexibility index (Phi) is 6.10. The number of nitrogens with one attached hydrogen (secondary N) is 1. The van der Waals surface area contributed by atoms with Crippen molar-refractivity contribution in [2.45, 2.75) is 52.2 Å². The molecule has 1 aromatic rings. The Bertz CT molecular complexity index is 409. The third kappa shape index (κ3) is 7.40. The van der Waals surface area contributed by atoms with E-state index in [1.54, 1.807) is 0 Å². The maximum Gasteiger partial charge on any atom is 0.407 e. The van der Waals surface area contributed by atoms with E-state index in [0.717, 1.165) is 12.8 Å². The van der Waals surface area contributed by atoms with Crippen molar-refractivity contribution in [2.75, 3.05) is 0 Å². The Balaban J connectivity index is 2.33. The van der Waals surface area contributed by atoms with Gasteiger partial charge in [0.25, 0.3) is 0 Å². The first-order chi connectivity index (χ1) is 8.76. The number of hydrogen-bond acceptors (Lipinski definition) is 2. The molecule has 0 heterocycles. The van der Waals surface area contributed by atoms with Gasteiger partial charge in [0.15, 0.2) is 0 Å². The van der Waals surface area contributed by atoms with Gasteiger partial charge in [-0.15, -0.1) is 0 Å². The third-order valence-electron chi connectivity index (χ3n) is 2.54. The molecule has 0 bridgehead atoms. The fourth-order valence-corrected chi connectivity index (χ4v) is 1.97. The molecule has 106 valence electrons. The van der Waals surface area contributed by atoms with Crippen LogP contribution in [0, 0.1) is 3.57 Å². The van der Waals surface area contributed by atoms with Crippen molar-refractivity contribution in [3.63, 3.8) is 0 Å². The van der Waals surface area contributed by atoms with E-state index < -0.39 is 5.60 Å². The summed E-state index contributed by atoms with van der Waals surface area (Å²) in [6.07, 6.45) is 1.51. The van der Waals surface area contributed by atoms with Crippen LogP contribution in [-0.4, -0.2) is 17.7 Å². The van der Waals surface area contributed by atoms with Gasteiger partial charge < -0.3 is 10.1 Å². The highest BCUT2D eigenvalue weighted by molar-refractivity contribution is 14.1. The van der Waals surface area contributed by atoms with Gasteiger partial charge in [-0.1, -0.05) is 12.1 Å². The SMILES string of the molecule is CC(CCc1ccc(I)cc1)NC(=O)OC(C)(C)C. The predicted octanol–water partition coefficient (Wildman–Crippen LogP) is 4.14. The Hall–Kier alpha value is -0.780. The van der Waals surface area contributed by atoms with Crippen LogP contribution in [-0.2, 0) is 11.2 Å². The number of halogens is 1. The zero-order valence-electron chi connectivity index (χ0n) is 12.0. The number of carbonyl (C=O) groups excluding carboxylic acids is 1. The van der Waals surface area contributed by atoms with E-state index >= 15 is 0 Å². The molecule has 1 N–H and O–H groups in total. The van der Waals surface area contributed by atoms with Gasteiger partial charge in [0.05, 0.1) is 0 Å². The minimum Gasteiger partial charge on any atom is -0.444 e. The highest BCUT2D eigenvalue weighted by Crippen LogP contribution is 2.10. The Labute approximate surface area is 129 Å². The van der Waals surface area contributed by atoms with Gasteiger partial charge in [-0.05, 0) is 80.8 Å². The smallest absolute Gasteiger partial charge is 0.407 e. The zero-order valence-corrected chi connectivity index (χ0v) is 14.2. The normalized spacial score (nSPS) is 12.9. The molecule has 3 nitrogen and oxygen atoms in total. The average Bonchev–Trinajstić information content (AvgIpc) is 2.25. The number of benzene rings is 1. The number of aryl methyl sites for hydroxylation is 1. The van der Waals surface area contributed by atoms with E-state index in [2.05, 4.69) is 52.2 Å². The van der Waals surface area contributed by atoms with Gasteiger partial charge in [0.2, 0.25) is 0 Å². The summed E-state index contributed by atoms with van der Waals surface area (Å²) in [4.78, 5) is 11.6. The highest BCUT2D eigenvalue weighted by atomic mass is 127. The first-order valence-corrected chi connectivity index (χ1v) is 7.58. The molecule has 0 saturated carbocycles. The van der Waals surface area contributed by atoms with Crippen LogP contribution in [0.25, 0.3) is 0 Å². The number of ether oxygens (including phenoxy) is 1. The molecule has 1 aromatic carbocycles. The summed E-state index contributed by atoms with van der Waals surface area (Å²) in [5.41, 5.74) is 0.846. The molecule has 1 amide bonds. The summed E-state index contributed by atoms with van der Waals surface area (Å²) in [7, 11) is 0. The van der Waals surface area contributed by atoms with Crippen LogP contribution in [0.1, 0.15) is 39.7 Å². The number of amides is 1. The Morgan fingerprint density at radius 3 is 2.42 bits per heavy atom. The van der Waals surface area contributed by atoms with E-state index in [1.165, 1.54) is 9.13 Å². The molecular weight excluding hydrogens is 353 g/mol. The lowest BCUT2D eigenvalue weighted by Gasteiger charge is -2.22. The van der Waals surface area contributed by atoms with E-state index in [1.807, 2.05) is 27.7 Å². The minimum atomic E-state index is -0.445. The van der Waals surface area contributed by atoms with E-state index in [9.17, 15) is 4.79 Å². The molecule has 0 spiro atoms. The lowest BCUT2D eigenvalue weighted by molar-refractivity contribution is 0.0506. The number of alkyl carbamates (subject to hydrolysis) is 1. The maximum absolute atomic E-state index is 11.6. The van der Waals surface area contributed by atoms with Crippen molar-refractivity contribution in [2.24, 2.45) is 0 Å². The van der Waals surface area contributed by atoms with Crippen LogP contribution in [0.3, 0.4) is 0 Å². The van der Waals surface area contributed by atoms with Crippen molar-refractivity contribution >= 4 is 28.7 Å². The van der Waals surface area contributed by atoms with E-state index in [4.69, 9.17) is 4.74 Å². The molecular formula is C15H22INO2. The number of carbonyl (C=O) groups is 1. The first-order valence-electron chi connectivity index (χ1n) is 6.50. The molecule has 19 heavy (non-hydrogen) atoms. The van der Waals surface area contributed by atoms with Crippen LogP contribution in [0.5, 0.6) is 0 Å². The fraction of sp³-hybridized carbons (Fsp3) is 0.533. The van der Waals surface area contributed by atoms with Gasteiger partial charge in [-0.25, -0.2) is 4.79 Å². The topological polar surface area (TPSA) is 38.3 Å². The maximum atomic E-state index is 11.6. The van der Waals surface area contributed by atoms with Crippen molar-refractivity contribution in [3.05, 3.63) is 33.4 Å². The molecule has 1 atom stereocenters. The summed E-state index contributed by atoms with van der Waals surface area (Å²) < 4.78 is 6.46. The standard InChI is InChI=1S/C15H22INO2/c1-11(17-14(18)19-15(2,3)4)5-6-12-7-9-13(16)10-8-12/h7-11H,5-6H2,1-4H3,(H,17,18). The number of hydrogen-bond donors (Lipinski definition) is 1. The summed E-state index contributed by atoms with van der Waals surface area (Å²) in [6, 6.07) is 8.56. The summed E-state index contributed by atoms with van der Waals surface area (Å²) in [5.74, 6) is 0. The van der Waals surface area contributed by atoms with Gasteiger partial charge in [0.1, 0.15) is 5.60 Å². The summed E-state index contributed by atoms with van der Waals surface area (Å²) in [5, 5.41) is 2.86. The quantitative estimate of drug-likeness (QED) is 0.804. The molecule has 1 unspecified atom stereocenters. The molecule has 1 rings (SSSR count). The Morgan fingerprint density at radius 1 is 1.32 bits per heavy atom. The van der Waals surface area contributed by atoms with Gasteiger partial charge in [-0.3, -0.25) is 0 Å². The van der Waals surface area contributed by atoms with Crippen LogP contribution in [0.15, 0.2) is 24.3 Å². The molecule has 0 aliphatic rings. The van der Waals surface area contributed by atoms with Crippen LogP contribution >= 0.6 is 22.6 Å². The molecule has 4 heteroatoms. The molecule has 0 aliphatic heterocycles. The second-order valence-corrected chi connectivity index (χ2v) is 6.96. The highest BCUT2D eigenvalue weighted by Gasteiger charge is 2.17. The molecule has 0 saturated heterocycles. The van der Waals surface area contributed by atoms with Crippen molar-refractivity contribution in [1.82, 2.24) is 5.32 Å². The molecule has 0 aromatic heterocycles. The minimum absolute atomic E-state index is 0.106. The second kappa shape index (κ2) is 7.12. The average molecular weight is 375 g/mol. The van der Waals surface area contributed by atoms with Crippen LogP contribution in [0.2, 0.25) is 0 Å². The van der Waals surface area contributed by atoms with E-state index in [-0.39, 0.29) is 12.1 Å². The van der Waals surface area contributed by atoms with Crippen LogP contribution < -0.4 is 5.32 Å². The predicted molar refractivity (Wildman–Crippen MR) is 86.3 cm³/mol. The van der Waals surface area contributed by atoms with Gasteiger partial charge in [-0.2, -0.15) is 0 Å². The Morgan fingerprint density at radius 2 is 1.89 bits per heavy atom. The van der Waals surface area contributed by atoms with Gasteiger partial charge in [0, 0.05) is 9.61 Å².